The molecule has 0 aliphatic rings. The molecule has 0 aliphatic heterocycles. The van der Waals surface area contributed by atoms with Crippen LogP contribution in [0.1, 0.15) is 57.4 Å². The van der Waals surface area contributed by atoms with Crippen molar-refractivity contribution in [1.82, 2.24) is 29.5 Å². The Balaban J connectivity index is 1.92. The van der Waals surface area contributed by atoms with Gasteiger partial charge >= 0.3 is 7.82 Å². The van der Waals surface area contributed by atoms with Gasteiger partial charge in [-0.25, -0.2) is 23.3 Å². The summed E-state index contributed by atoms with van der Waals surface area (Å²) in [4.78, 5) is 27.5. The summed E-state index contributed by atoms with van der Waals surface area (Å²) in [5, 5.41) is 8.21. The molecule has 3 rings (SSSR count). The molecular weight excluding hydrogens is 521 g/mol. The molecule has 38 heavy (non-hydrogen) atoms. The summed E-state index contributed by atoms with van der Waals surface area (Å²) in [6, 6.07) is 3.01. The van der Waals surface area contributed by atoms with Gasteiger partial charge in [0.15, 0.2) is 0 Å². The Hall–Kier alpha value is -2.57. The highest BCUT2D eigenvalue weighted by Crippen LogP contribution is 2.45. The molecule has 1 aromatic carbocycles. The van der Waals surface area contributed by atoms with Crippen molar-refractivity contribution in [2.45, 2.75) is 76.5 Å². The van der Waals surface area contributed by atoms with E-state index in [1.807, 2.05) is 0 Å². The Morgan fingerprint density at radius 3 is 2.11 bits per heavy atom. The van der Waals surface area contributed by atoms with Gasteiger partial charge in [0.2, 0.25) is 0 Å². The fourth-order valence-corrected chi connectivity index (χ4v) is 5.10. The van der Waals surface area contributed by atoms with Crippen molar-refractivity contribution in [2.75, 3.05) is 13.2 Å². The van der Waals surface area contributed by atoms with Gasteiger partial charge in [0, 0.05) is 18.2 Å². The van der Waals surface area contributed by atoms with Gasteiger partial charge in [-0.2, -0.15) is 10.2 Å². The van der Waals surface area contributed by atoms with E-state index >= 15 is 4.39 Å². The lowest BCUT2D eigenvalue weighted by Crippen LogP contribution is -2.50. The van der Waals surface area contributed by atoms with E-state index in [4.69, 9.17) is 9.26 Å². The molecule has 2 aromatic heterocycles. The first kappa shape index (κ1) is 30.0. The molecule has 1 unspecified atom stereocenters. The third kappa shape index (κ3) is 9.02. The lowest BCUT2D eigenvalue weighted by Gasteiger charge is -2.40. The topological polar surface area (TPSA) is 137 Å². The molecule has 0 radical (unpaired) electrons. The summed E-state index contributed by atoms with van der Waals surface area (Å²) in [6.45, 7) is 1.93. The number of phosphoric acid groups is 1. The second-order valence-corrected chi connectivity index (χ2v) is 10.4. The lowest BCUT2D eigenvalue weighted by molar-refractivity contribution is -0.0247. The monoisotopic (exact) mass is 556 g/mol. The molecule has 14 heteroatoms. The molecule has 11 nitrogen and oxygen atoms in total. The standard InChI is InChI=1S/C24H35F2N6O5P/c1-2-3-4-5-6-7-8-11-36-13-23(37-38(33,34)35)24(14-31-18-27-16-29-31,15-32-19-28-17-30-32)21-10-9-20(25)12-22(21)26/h9-10,12,16-19,23H,2-8,11,13-15H2,1H3,(H2,33,34,35). The minimum atomic E-state index is -5.09. The third-order valence-corrected chi connectivity index (χ3v) is 6.86. The fourth-order valence-electron chi connectivity index (χ4n) is 4.51. The number of phosphoric ester groups is 1. The highest BCUT2D eigenvalue weighted by molar-refractivity contribution is 7.46. The van der Waals surface area contributed by atoms with E-state index in [1.54, 1.807) is 0 Å². The quantitative estimate of drug-likeness (QED) is 0.176. The molecule has 0 aliphatic carbocycles. The van der Waals surface area contributed by atoms with Gasteiger partial charge in [0.1, 0.15) is 43.0 Å². The second kappa shape index (κ2) is 14.5. The largest absolute Gasteiger partial charge is 0.469 e. The number of hydrogen-bond acceptors (Lipinski definition) is 7. The molecule has 3 aromatic rings. The average molecular weight is 557 g/mol. The Bertz CT molecular complexity index is 1090. The van der Waals surface area contributed by atoms with Crippen molar-refractivity contribution in [1.29, 1.82) is 0 Å². The first-order valence-electron chi connectivity index (χ1n) is 12.7. The molecule has 0 bridgehead atoms. The second-order valence-electron chi connectivity index (χ2n) is 9.25. The van der Waals surface area contributed by atoms with Crippen LogP contribution in [0.25, 0.3) is 0 Å². The Morgan fingerprint density at radius 2 is 1.58 bits per heavy atom. The van der Waals surface area contributed by atoms with Crippen LogP contribution in [0.5, 0.6) is 0 Å². The van der Waals surface area contributed by atoms with Crippen LogP contribution in [0, 0.1) is 11.6 Å². The number of benzene rings is 1. The minimum absolute atomic E-state index is 0.0529. The fraction of sp³-hybridized carbons (Fsp3) is 0.583. The Morgan fingerprint density at radius 1 is 0.974 bits per heavy atom. The van der Waals surface area contributed by atoms with Crippen LogP contribution >= 0.6 is 7.82 Å². The van der Waals surface area contributed by atoms with Crippen LogP contribution < -0.4 is 0 Å². The van der Waals surface area contributed by atoms with Crippen LogP contribution in [0.3, 0.4) is 0 Å². The van der Waals surface area contributed by atoms with Gasteiger partial charge in [0.25, 0.3) is 0 Å². The van der Waals surface area contributed by atoms with Crippen LogP contribution in [0.15, 0.2) is 43.5 Å². The molecule has 2 heterocycles. The third-order valence-electron chi connectivity index (χ3n) is 6.33. The predicted octanol–water partition coefficient (Wildman–Crippen LogP) is 4.03. The van der Waals surface area contributed by atoms with Gasteiger partial charge in [-0.15, -0.1) is 0 Å². The molecule has 0 spiro atoms. The number of unbranched alkanes of at least 4 members (excludes halogenated alkanes) is 6. The van der Waals surface area contributed by atoms with Gasteiger partial charge in [-0.3, -0.25) is 13.9 Å². The summed E-state index contributed by atoms with van der Waals surface area (Å²) in [5.41, 5.74) is -1.62. The summed E-state index contributed by atoms with van der Waals surface area (Å²) < 4.78 is 55.3. The zero-order valence-corrected chi connectivity index (χ0v) is 22.3. The number of ether oxygens (including phenoxy) is 1. The first-order valence-corrected chi connectivity index (χ1v) is 14.2. The van der Waals surface area contributed by atoms with Crippen molar-refractivity contribution in [2.24, 2.45) is 0 Å². The highest BCUT2D eigenvalue weighted by Gasteiger charge is 2.47. The number of hydrogen-bond donors (Lipinski definition) is 2. The first-order chi connectivity index (χ1) is 18.2. The van der Waals surface area contributed by atoms with Crippen LogP contribution in [-0.2, 0) is 32.3 Å². The molecule has 0 amide bonds. The van der Waals surface area contributed by atoms with E-state index < -0.39 is 31.0 Å². The maximum atomic E-state index is 15.4. The van der Waals surface area contributed by atoms with Crippen molar-refractivity contribution >= 4 is 7.82 Å². The SMILES string of the molecule is CCCCCCCCCOCC(OP(=O)(O)O)C(Cn1cncn1)(Cn1cncn1)c1ccc(F)cc1F. The molecule has 0 saturated carbocycles. The number of rotatable bonds is 18. The van der Waals surface area contributed by atoms with Crippen molar-refractivity contribution in [3.8, 4) is 0 Å². The highest BCUT2D eigenvalue weighted by atomic mass is 31.2. The summed E-state index contributed by atoms with van der Waals surface area (Å²) >= 11 is 0. The summed E-state index contributed by atoms with van der Waals surface area (Å²) in [5.74, 6) is -1.72. The van der Waals surface area contributed by atoms with Crippen LogP contribution in [-0.4, -0.2) is 58.6 Å². The molecular formula is C24H35F2N6O5P. The molecule has 0 fully saturated rings. The van der Waals surface area contributed by atoms with E-state index in [-0.39, 0.29) is 25.3 Å². The molecule has 1 atom stereocenters. The Kier molecular flexibility index (Phi) is 11.5. The van der Waals surface area contributed by atoms with Gasteiger partial charge < -0.3 is 14.5 Å². The van der Waals surface area contributed by atoms with E-state index in [1.165, 1.54) is 60.0 Å². The van der Waals surface area contributed by atoms with Gasteiger partial charge in [-0.05, 0) is 12.5 Å². The van der Waals surface area contributed by atoms with E-state index in [0.717, 1.165) is 31.7 Å². The van der Waals surface area contributed by atoms with Gasteiger partial charge in [-0.1, -0.05) is 51.5 Å². The van der Waals surface area contributed by atoms with E-state index in [0.29, 0.717) is 12.7 Å². The van der Waals surface area contributed by atoms with Crippen LogP contribution in [0.4, 0.5) is 8.78 Å². The summed E-state index contributed by atoms with van der Waals surface area (Å²) in [6.07, 6.45) is 11.4. The summed E-state index contributed by atoms with van der Waals surface area (Å²) in [7, 11) is -5.09. The Labute approximate surface area is 220 Å². The number of halogens is 2. The zero-order chi connectivity index (χ0) is 27.4. The maximum absolute atomic E-state index is 15.4. The van der Waals surface area contributed by atoms with Crippen molar-refractivity contribution in [3.05, 3.63) is 60.7 Å². The average Bonchev–Trinajstić information content (AvgIpc) is 3.55. The normalized spacial score (nSPS) is 13.2. The molecule has 2 N–H and O–H groups in total. The van der Waals surface area contributed by atoms with E-state index in [2.05, 4.69) is 27.1 Å². The maximum Gasteiger partial charge on any atom is 0.469 e. The zero-order valence-electron chi connectivity index (χ0n) is 21.4. The minimum Gasteiger partial charge on any atom is -0.379 e. The predicted molar refractivity (Wildman–Crippen MR) is 134 cm³/mol. The number of nitrogens with zero attached hydrogens (tertiary/aromatic N) is 6. The van der Waals surface area contributed by atoms with Gasteiger partial charge in [0.05, 0.1) is 25.1 Å². The molecule has 0 saturated heterocycles. The smallest absolute Gasteiger partial charge is 0.379 e. The molecule has 210 valence electrons. The van der Waals surface area contributed by atoms with Crippen LogP contribution in [0.2, 0.25) is 0 Å². The van der Waals surface area contributed by atoms with Crippen molar-refractivity contribution < 1.29 is 32.4 Å². The van der Waals surface area contributed by atoms with E-state index in [9.17, 15) is 18.7 Å². The number of aromatic nitrogens is 6. The van der Waals surface area contributed by atoms with Crippen molar-refractivity contribution in [3.63, 3.8) is 0 Å². The lowest BCUT2D eigenvalue weighted by atomic mass is 9.75.